The maximum Gasteiger partial charge on any atom is 0.407 e. The summed E-state index contributed by atoms with van der Waals surface area (Å²) >= 11 is 6.36. The fourth-order valence-corrected chi connectivity index (χ4v) is 6.10. The molecule has 1 fully saturated rings. The van der Waals surface area contributed by atoms with Crippen LogP contribution in [0.15, 0.2) is 71.5 Å². The number of benzene rings is 3. The van der Waals surface area contributed by atoms with Crippen molar-refractivity contribution in [2.24, 2.45) is 0 Å². The number of hydrogen-bond donors (Lipinski definition) is 3. The van der Waals surface area contributed by atoms with Gasteiger partial charge in [0.1, 0.15) is 12.4 Å². The molecule has 3 aromatic carbocycles. The van der Waals surface area contributed by atoms with Crippen molar-refractivity contribution in [3.05, 3.63) is 99.1 Å². The van der Waals surface area contributed by atoms with E-state index in [1.54, 1.807) is 25.1 Å². The van der Waals surface area contributed by atoms with Crippen LogP contribution in [0.4, 0.5) is 9.59 Å². The van der Waals surface area contributed by atoms with E-state index < -0.39 is 18.2 Å². The van der Waals surface area contributed by atoms with E-state index in [1.165, 1.54) is 4.57 Å². The minimum Gasteiger partial charge on any atom is -0.465 e. The average Bonchev–Trinajstić information content (AvgIpc) is 3.23. The second-order valence-corrected chi connectivity index (χ2v) is 10.6. The Morgan fingerprint density at radius 1 is 1.05 bits per heavy atom. The quantitative estimate of drug-likeness (QED) is 0.282. The van der Waals surface area contributed by atoms with Gasteiger partial charge >= 0.3 is 12.2 Å². The predicted octanol–water partition coefficient (Wildman–Crippen LogP) is 5.62. The molecule has 6 rings (SSSR count). The highest BCUT2D eigenvalue weighted by atomic mass is 35.5. The van der Waals surface area contributed by atoms with Crippen LogP contribution >= 0.6 is 11.6 Å². The molecule has 0 saturated heterocycles. The zero-order valence-electron chi connectivity index (χ0n) is 21.6. The molecule has 1 aromatic heterocycles. The predicted molar refractivity (Wildman–Crippen MR) is 151 cm³/mol. The van der Waals surface area contributed by atoms with Crippen LogP contribution in [0.2, 0.25) is 5.02 Å². The summed E-state index contributed by atoms with van der Waals surface area (Å²) < 4.78 is 7.24. The number of aromatic nitrogens is 2. The molecule has 0 spiro atoms. The van der Waals surface area contributed by atoms with Gasteiger partial charge in [0.2, 0.25) is 0 Å². The van der Waals surface area contributed by atoms with E-state index in [9.17, 15) is 14.4 Å². The van der Waals surface area contributed by atoms with Gasteiger partial charge in [-0.15, -0.1) is 0 Å². The number of halogens is 1. The molecule has 40 heavy (non-hydrogen) atoms. The van der Waals surface area contributed by atoms with Crippen LogP contribution in [0.5, 0.6) is 0 Å². The minimum absolute atomic E-state index is 0.0822. The smallest absolute Gasteiger partial charge is 0.407 e. The fourth-order valence-electron chi connectivity index (χ4n) is 5.85. The van der Waals surface area contributed by atoms with E-state index in [0.29, 0.717) is 24.2 Å². The Balaban J connectivity index is 1.23. The lowest BCUT2D eigenvalue weighted by Crippen LogP contribution is -2.48. The lowest BCUT2D eigenvalue weighted by atomic mass is 9.86. The number of alkyl carbamates (subject to hydrolysis) is 1. The standard InChI is InChI=1S/C30H27ClN4O5/c1-16(32-30(39)40-15-23-21-9-4-2-7-19(21)20-8-3-5-10-22(20)23)27-34-25-12-6-11-24(31)26(25)28(36)35(27)18-13-17(14-18)33-29(37)38/h2-12,16-18,23,33H,13-15H2,1H3,(H,32,39)(H,37,38). The summed E-state index contributed by atoms with van der Waals surface area (Å²) in [5.41, 5.74) is 4.59. The van der Waals surface area contributed by atoms with E-state index in [2.05, 4.69) is 34.9 Å². The first-order chi connectivity index (χ1) is 19.3. The molecular formula is C30H27ClN4O5. The van der Waals surface area contributed by atoms with Crippen LogP contribution < -0.4 is 16.2 Å². The van der Waals surface area contributed by atoms with E-state index in [4.69, 9.17) is 26.4 Å². The highest BCUT2D eigenvalue weighted by Gasteiger charge is 2.36. The Morgan fingerprint density at radius 3 is 2.35 bits per heavy atom. The van der Waals surface area contributed by atoms with Crippen LogP contribution in [-0.2, 0) is 4.74 Å². The van der Waals surface area contributed by atoms with E-state index in [1.807, 2.05) is 24.3 Å². The van der Waals surface area contributed by atoms with Gasteiger partial charge in [0.05, 0.1) is 22.0 Å². The van der Waals surface area contributed by atoms with Gasteiger partial charge in [-0.2, -0.15) is 0 Å². The SMILES string of the molecule is CC(NC(=O)OCC1c2ccccc2-c2ccccc21)c1nc2cccc(Cl)c2c(=O)n1C1CC(NC(=O)O)C1. The maximum absolute atomic E-state index is 13.6. The molecule has 2 amide bonds. The number of carbonyl (C=O) groups is 2. The summed E-state index contributed by atoms with van der Waals surface area (Å²) in [6, 6.07) is 20.0. The molecule has 2 aliphatic rings. The van der Waals surface area contributed by atoms with Gasteiger partial charge in [-0.3, -0.25) is 9.36 Å². The van der Waals surface area contributed by atoms with Crippen LogP contribution in [0.1, 0.15) is 54.7 Å². The summed E-state index contributed by atoms with van der Waals surface area (Å²) in [4.78, 5) is 42.4. The van der Waals surface area contributed by atoms with Crippen LogP contribution in [0.3, 0.4) is 0 Å². The molecule has 2 aliphatic carbocycles. The van der Waals surface area contributed by atoms with Crippen molar-refractivity contribution in [2.45, 2.75) is 43.8 Å². The van der Waals surface area contributed by atoms with Crippen molar-refractivity contribution in [3.63, 3.8) is 0 Å². The average molecular weight is 559 g/mol. The van der Waals surface area contributed by atoms with Crippen molar-refractivity contribution in [1.29, 1.82) is 0 Å². The largest absolute Gasteiger partial charge is 0.465 e. The Labute approximate surface area is 234 Å². The van der Waals surface area contributed by atoms with Crippen molar-refractivity contribution in [1.82, 2.24) is 20.2 Å². The third kappa shape index (κ3) is 4.56. The Kier molecular flexibility index (Phi) is 6.67. The number of rotatable bonds is 6. The number of amides is 2. The van der Waals surface area contributed by atoms with Gasteiger partial charge in [0.15, 0.2) is 0 Å². The first-order valence-electron chi connectivity index (χ1n) is 13.1. The maximum atomic E-state index is 13.6. The van der Waals surface area contributed by atoms with Gasteiger partial charge < -0.3 is 20.5 Å². The highest BCUT2D eigenvalue weighted by molar-refractivity contribution is 6.35. The number of carboxylic acid groups (broad SMARTS) is 1. The number of nitrogens with one attached hydrogen (secondary N) is 2. The van der Waals surface area contributed by atoms with E-state index in [-0.39, 0.29) is 40.6 Å². The summed E-state index contributed by atoms with van der Waals surface area (Å²) in [5, 5.41) is 14.9. The summed E-state index contributed by atoms with van der Waals surface area (Å²) in [7, 11) is 0. The first kappa shape index (κ1) is 25.9. The van der Waals surface area contributed by atoms with Gasteiger partial charge in [-0.1, -0.05) is 66.2 Å². The Bertz CT molecular complexity index is 1650. The second-order valence-electron chi connectivity index (χ2n) is 10.2. The number of carbonyl (C=O) groups excluding carboxylic acids is 1. The molecule has 0 bridgehead atoms. The van der Waals surface area contributed by atoms with Crippen LogP contribution in [0.25, 0.3) is 22.0 Å². The van der Waals surface area contributed by atoms with Crippen molar-refractivity contribution in [2.75, 3.05) is 6.61 Å². The molecule has 9 nitrogen and oxygen atoms in total. The topological polar surface area (TPSA) is 123 Å². The van der Waals surface area contributed by atoms with Crippen molar-refractivity contribution in [3.8, 4) is 11.1 Å². The van der Waals surface area contributed by atoms with Crippen molar-refractivity contribution >= 4 is 34.7 Å². The summed E-state index contributed by atoms with van der Waals surface area (Å²) in [6.07, 6.45) is -0.885. The van der Waals surface area contributed by atoms with Crippen LogP contribution in [0, 0.1) is 0 Å². The van der Waals surface area contributed by atoms with E-state index >= 15 is 0 Å². The first-order valence-corrected chi connectivity index (χ1v) is 13.5. The molecule has 0 radical (unpaired) electrons. The molecule has 1 unspecified atom stereocenters. The lowest BCUT2D eigenvalue weighted by molar-refractivity contribution is 0.137. The zero-order valence-corrected chi connectivity index (χ0v) is 22.4. The molecule has 1 heterocycles. The Morgan fingerprint density at radius 2 is 1.70 bits per heavy atom. The molecule has 204 valence electrons. The number of fused-ring (bicyclic) bond motifs is 4. The van der Waals surface area contributed by atoms with Gasteiger partial charge in [-0.25, -0.2) is 14.6 Å². The number of hydrogen-bond acceptors (Lipinski definition) is 5. The van der Waals surface area contributed by atoms with E-state index in [0.717, 1.165) is 22.3 Å². The molecule has 10 heteroatoms. The second kappa shape index (κ2) is 10.3. The van der Waals surface area contributed by atoms with Crippen LogP contribution in [-0.4, -0.2) is 39.5 Å². The van der Waals surface area contributed by atoms with Crippen molar-refractivity contribution < 1.29 is 19.4 Å². The molecule has 0 aliphatic heterocycles. The fraction of sp³-hybridized carbons (Fsp3) is 0.267. The zero-order chi connectivity index (χ0) is 28.0. The van der Waals surface area contributed by atoms with Gasteiger partial charge in [0, 0.05) is 18.0 Å². The van der Waals surface area contributed by atoms with Gasteiger partial charge in [0.25, 0.3) is 5.56 Å². The number of ether oxygens (including phenoxy) is 1. The monoisotopic (exact) mass is 558 g/mol. The molecule has 1 atom stereocenters. The summed E-state index contributed by atoms with van der Waals surface area (Å²) in [5.74, 6) is 0.272. The highest BCUT2D eigenvalue weighted by Crippen LogP contribution is 2.44. The molecule has 3 N–H and O–H groups in total. The third-order valence-electron chi connectivity index (χ3n) is 7.78. The summed E-state index contributed by atoms with van der Waals surface area (Å²) in [6.45, 7) is 1.90. The normalized spacial score (nSPS) is 18.4. The third-order valence-corrected chi connectivity index (χ3v) is 8.09. The molecule has 4 aromatic rings. The minimum atomic E-state index is -1.11. The Hall–Kier alpha value is -4.37. The molecular weight excluding hydrogens is 532 g/mol. The number of nitrogens with zero attached hydrogens (tertiary/aromatic N) is 2. The van der Waals surface area contributed by atoms with Gasteiger partial charge in [-0.05, 0) is 54.2 Å². The molecule has 1 saturated carbocycles. The lowest BCUT2D eigenvalue weighted by Gasteiger charge is -2.38.